The first-order chi connectivity index (χ1) is 9.20. The first-order valence-electron chi connectivity index (χ1n) is 6.48. The van der Waals surface area contributed by atoms with Crippen molar-refractivity contribution in [3.05, 3.63) is 65.5 Å². The smallest absolute Gasteiger partial charge is 0.251 e. The van der Waals surface area contributed by atoms with E-state index in [0.717, 1.165) is 12.0 Å². The number of pyridine rings is 1. The van der Waals surface area contributed by atoms with Gasteiger partial charge in [0.2, 0.25) is 0 Å². The van der Waals surface area contributed by atoms with E-state index in [1.165, 1.54) is 5.56 Å². The van der Waals surface area contributed by atoms with Crippen LogP contribution < -0.4 is 5.32 Å². The maximum atomic E-state index is 12.1. The predicted molar refractivity (Wildman–Crippen MR) is 75.9 cm³/mol. The second-order valence-electron chi connectivity index (χ2n) is 4.58. The molecular weight excluding hydrogens is 236 g/mol. The minimum Gasteiger partial charge on any atom is -0.345 e. The lowest BCUT2D eigenvalue weighted by molar-refractivity contribution is 0.0935. The Kier molecular flexibility index (Phi) is 4.29. The molecule has 0 spiro atoms. The molecule has 19 heavy (non-hydrogen) atoms. The Morgan fingerprint density at radius 2 is 1.79 bits per heavy atom. The molecule has 3 heteroatoms. The average molecular weight is 254 g/mol. The molecule has 98 valence electrons. The van der Waals surface area contributed by atoms with Crippen molar-refractivity contribution in [3.63, 3.8) is 0 Å². The van der Waals surface area contributed by atoms with E-state index in [9.17, 15) is 4.79 Å². The van der Waals surface area contributed by atoms with Crippen LogP contribution >= 0.6 is 0 Å². The maximum absolute atomic E-state index is 12.1. The summed E-state index contributed by atoms with van der Waals surface area (Å²) in [4.78, 5) is 16.0. The Labute approximate surface area is 113 Å². The average Bonchev–Trinajstić information content (AvgIpc) is 2.46. The molecule has 1 amide bonds. The van der Waals surface area contributed by atoms with Gasteiger partial charge in [-0.25, -0.2) is 0 Å². The van der Waals surface area contributed by atoms with Gasteiger partial charge in [0.1, 0.15) is 0 Å². The summed E-state index contributed by atoms with van der Waals surface area (Å²) in [5, 5.41) is 3.05. The van der Waals surface area contributed by atoms with Gasteiger partial charge in [-0.2, -0.15) is 0 Å². The molecule has 0 fully saturated rings. The summed E-state index contributed by atoms with van der Waals surface area (Å²) >= 11 is 0. The molecule has 0 radical (unpaired) electrons. The molecular formula is C16H18N2O. The van der Waals surface area contributed by atoms with E-state index in [1.54, 1.807) is 24.5 Å². The third kappa shape index (κ3) is 3.41. The molecule has 0 aliphatic heterocycles. The molecule has 0 bridgehead atoms. The molecule has 1 unspecified atom stereocenters. The van der Waals surface area contributed by atoms with E-state index in [2.05, 4.69) is 48.4 Å². The molecule has 2 rings (SSSR count). The predicted octanol–water partition coefficient (Wildman–Crippen LogP) is 3.27. The van der Waals surface area contributed by atoms with E-state index < -0.39 is 0 Å². The summed E-state index contributed by atoms with van der Waals surface area (Å²) in [7, 11) is 0. The molecule has 1 heterocycles. The Morgan fingerprint density at radius 1 is 1.16 bits per heavy atom. The van der Waals surface area contributed by atoms with Crippen molar-refractivity contribution in [2.24, 2.45) is 0 Å². The van der Waals surface area contributed by atoms with Gasteiger partial charge in [-0.1, -0.05) is 36.8 Å². The summed E-state index contributed by atoms with van der Waals surface area (Å²) in [6.07, 6.45) is 4.11. The minimum atomic E-state index is -0.0603. The van der Waals surface area contributed by atoms with Crippen LogP contribution in [-0.2, 0) is 0 Å². The first kappa shape index (κ1) is 13.3. The number of rotatable bonds is 4. The summed E-state index contributed by atoms with van der Waals surface area (Å²) in [6.45, 7) is 4.12. The maximum Gasteiger partial charge on any atom is 0.251 e. The van der Waals surface area contributed by atoms with Gasteiger partial charge in [0.15, 0.2) is 0 Å². The standard InChI is InChI=1S/C16H18N2O/c1-3-15(13-6-4-12(2)5-7-13)18-16(19)14-8-10-17-11-9-14/h4-11,15H,3H2,1-2H3,(H,18,19). The van der Waals surface area contributed by atoms with Gasteiger partial charge < -0.3 is 5.32 Å². The van der Waals surface area contributed by atoms with Crippen LogP contribution in [0.1, 0.15) is 40.9 Å². The number of amides is 1. The number of carbonyl (C=O) groups is 1. The van der Waals surface area contributed by atoms with Crippen molar-refractivity contribution < 1.29 is 4.79 Å². The van der Waals surface area contributed by atoms with Gasteiger partial charge >= 0.3 is 0 Å². The highest BCUT2D eigenvalue weighted by atomic mass is 16.1. The van der Waals surface area contributed by atoms with E-state index in [4.69, 9.17) is 0 Å². The highest BCUT2D eigenvalue weighted by molar-refractivity contribution is 5.94. The fraction of sp³-hybridized carbons (Fsp3) is 0.250. The number of aromatic nitrogens is 1. The van der Waals surface area contributed by atoms with Crippen LogP contribution in [0.3, 0.4) is 0 Å². The topological polar surface area (TPSA) is 42.0 Å². The van der Waals surface area contributed by atoms with Gasteiger partial charge in [0.05, 0.1) is 6.04 Å². The van der Waals surface area contributed by atoms with Crippen LogP contribution in [0.4, 0.5) is 0 Å². The summed E-state index contributed by atoms with van der Waals surface area (Å²) in [5.74, 6) is -0.0603. The Balaban J connectivity index is 2.11. The molecule has 0 aliphatic rings. The monoisotopic (exact) mass is 254 g/mol. The second kappa shape index (κ2) is 6.14. The lowest BCUT2D eigenvalue weighted by atomic mass is 10.0. The van der Waals surface area contributed by atoms with E-state index >= 15 is 0 Å². The zero-order valence-electron chi connectivity index (χ0n) is 11.3. The van der Waals surface area contributed by atoms with Gasteiger partial charge in [-0.15, -0.1) is 0 Å². The van der Waals surface area contributed by atoms with E-state index in [1.807, 2.05) is 0 Å². The number of nitrogens with one attached hydrogen (secondary N) is 1. The van der Waals surface area contributed by atoms with Crippen molar-refractivity contribution in [2.45, 2.75) is 26.3 Å². The van der Waals surface area contributed by atoms with Crippen molar-refractivity contribution in [1.82, 2.24) is 10.3 Å². The van der Waals surface area contributed by atoms with Crippen molar-refractivity contribution >= 4 is 5.91 Å². The van der Waals surface area contributed by atoms with Crippen molar-refractivity contribution in [3.8, 4) is 0 Å². The van der Waals surface area contributed by atoms with Gasteiger partial charge in [0, 0.05) is 18.0 Å². The summed E-state index contributed by atoms with van der Waals surface area (Å²) < 4.78 is 0. The van der Waals surface area contributed by atoms with Crippen molar-refractivity contribution in [2.75, 3.05) is 0 Å². The third-order valence-electron chi connectivity index (χ3n) is 3.14. The molecule has 2 aromatic rings. The highest BCUT2D eigenvalue weighted by Crippen LogP contribution is 2.17. The van der Waals surface area contributed by atoms with Crippen LogP contribution in [0.15, 0.2) is 48.8 Å². The molecule has 1 N–H and O–H groups in total. The minimum absolute atomic E-state index is 0.0428. The number of hydrogen-bond donors (Lipinski definition) is 1. The number of benzene rings is 1. The normalized spacial score (nSPS) is 11.9. The van der Waals surface area contributed by atoms with Gasteiger partial charge in [-0.3, -0.25) is 9.78 Å². The second-order valence-corrected chi connectivity index (χ2v) is 4.58. The Morgan fingerprint density at radius 3 is 2.37 bits per heavy atom. The molecule has 1 atom stereocenters. The Bertz CT molecular complexity index is 534. The Hall–Kier alpha value is -2.16. The molecule has 3 nitrogen and oxygen atoms in total. The molecule has 1 aromatic carbocycles. The first-order valence-corrected chi connectivity index (χ1v) is 6.48. The quantitative estimate of drug-likeness (QED) is 0.909. The highest BCUT2D eigenvalue weighted by Gasteiger charge is 2.13. The molecule has 1 aromatic heterocycles. The summed E-state index contributed by atoms with van der Waals surface area (Å²) in [5.41, 5.74) is 3.00. The fourth-order valence-electron chi connectivity index (χ4n) is 1.96. The van der Waals surface area contributed by atoms with E-state index in [-0.39, 0.29) is 11.9 Å². The van der Waals surface area contributed by atoms with Crippen LogP contribution in [0.2, 0.25) is 0 Å². The van der Waals surface area contributed by atoms with E-state index in [0.29, 0.717) is 5.56 Å². The SMILES string of the molecule is CCC(NC(=O)c1ccncc1)c1ccc(C)cc1. The molecule has 0 saturated carbocycles. The van der Waals surface area contributed by atoms with Crippen molar-refractivity contribution in [1.29, 1.82) is 0 Å². The number of hydrogen-bond acceptors (Lipinski definition) is 2. The molecule has 0 saturated heterocycles. The fourth-order valence-corrected chi connectivity index (χ4v) is 1.96. The zero-order valence-corrected chi connectivity index (χ0v) is 11.3. The third-order valence-corrected chi connectivity index (χ3v) is 3.14. The lowest BCUT2D eigenvalue weighted by Crippen LogP contribution is -2.28. The number of carbonyl (C=O) groups excluding carboxylic acids is 1. The van der Waals surface area contributed by atoms with Crippen LogP contribution in [0.5, 0.6) is 0 Å². The number of aryl methyl sites for hydroxylation is 1. The number of nitrogens with zero attached hydrogens (tertiary/aromatic N) is 1. The molecule has 0 aliphatic carbocycles. The van der Waals surface area contributed by atoms with Gasteiger partial charge in [-0.05, 0) is 31.0 Å². The largest absolute Gasteiger partial charge is 0.345 e. The van der Waals surface area contributed by atoms with Gasteiger partial charge in [0.25, 0.3) is 5.91 Å². The summed E-state index contributed by atoms with van der Waals surface area (Å²) in [6, 6.07) is 11.7. The van der Waals surface area contributed by atoms with Crippen LogP contribution in [0, 0.1) is 6.92 Å². The van der Waals surface area contributed by atoms with Crippen LogP contribution in [0.25, 0.3) is 0 Å². The van der Waals surface area contributed by atoms with Crippen LogP contribution in [-0.4, -0.2) is 10.9 Å². The lowest BCUT2D eigenvalue weighted by Gasteiger charge is -2.17. The zero-order chi connectivity index (χ0) is 13.7.